The number of nitrogens with zero attached hydrogens (tertiary/aromatic N) is 2. The van der Waals surface area contributed by atoms with Gasteiger partial charge in [-0.05, 0) is 13.0 Å². The van der Waals surface area contributed by atoms with Gasteiger partial charge in [-0.2, -0.15) is 0 Å². The summed E-state index contributed by atoms with van der Waals surface area (Å²) in [5.74, 6) is -0.437. The molecule has 0 spiro atoms. The lowest BCUT2D eigenvalue weighted by molar-refractivity contribution is 0.162. The zero-order chi connectivity index (χ0) is 15.0. The third kappa shape index (κ3) is 2.56. The van der Waals surface area contributed by atoms with Gasteiger partial charge in [-0.1, -0.05) is 18.2 Å². The molecule has 1 N–H and O–H groups in total. The first kappa shape index (κ1) is 13.8. The quantitative estimate of drug-likeness (QED) is 0.922. The lowest BCUT2D eigenvalue weighted by Gasteiger charge is -2.34. The van der Waals surface area contributed by atoms with E-state index < -0.39 is 0 Å². The molecule has 0 aliphatic carbocycles. The van der Waals surface area contributed by atoms with Gasteiger partial charge in [0.15, 0.2) is 5.75 Å². The van der Waals surface area contributed by atoms with Gasteiger partial charge in [0.1, 0.15) is 5.82 Å². The molecule has 0 radical (unpaired) electrons. The second-order valence-corrected chi connectivity index (χ2v) is 5.38. The van der Waals surface area contributed by atoms with Crippen LogP contribution < -0.4 is 5.43 Å². The SMILES string of the molecule is CC(c1ccccc1F)N1CCn2cc(O)c(=O)cc2C1. The minimum absolute atomic E-state index is 0.0659. The summed E-state index contributed by atoms with van der Waals surface area (Å²) < 4.78 is 15.8. The minimum Gasteiger partial charge on any atom is -0.503 e. The first-order chi connectivity index (χ1) is 10.1. The molecule has 110 valence electrons. The molecule has 1 aromatic heterocycles. The summed E-state index contributed by atoms with van der Waals surface area (Å²) in [6.45, 7) is 3.93. The van der Waals surface area contributed by atoms with Crippen LogP contribution in [0.15, 0.2) is 41.3 Å². The standard InChI is InChI=1S/C16H17FN2O2/c1-11(13-4-2-3-5-14(13)17)18-6-7-19-10-16(21)15(20)8-12(19)9-18/h2-5,8,10-11,21H,6-7,9H2,1H3. The number of hydrogen-bond donors (Lipinski definition) is 1. The molecule has 0 saturated heterocycles. The van der Waals surface area contributed by atoms with Gasteiger partial charge in [0.25, 0.3) is 0 Å². The topological polar surface area (TPSA) is 45.5 Å². The number of rotatable bonds is 2. The Bertz CT molecular complexity index is 726. The maximum atomic E-state index is 13.9. The Labute approximate surface area is 122 Å². The van der Waals surface area contributed by atoms with Crippen molar-refractivity contribution in [3.05, 3.63) is 63.8 Å². The molecule has 0 bridgehead atoms. The van der Waals surface area contributed by atoms with Crippen LogP contribution in [0.3, 0.4) is 0 Å². The highest BCUT2D eigenvalue weighted by atomic mass is 19.1. The van der Waals surface area contributed by atoms with Gasteiger partial charge in [-0.25, -0.2) is 4.39 Å². The average Bonchev–Trinajstić information content (AvgIpc) is 2.48. The molecular weight excluding hydrogens is 271 g/mol. The maximum Gasteiger partial charge on any atom is 0.223 e. The number of pyridine rings is 1. The van der Waals surface area contributed by atoms with Crippen molar-refractivity contribution in [3.63, 3.8) is 0 Å². The van der Waals surface area contributed by atoms with Gasteiger partial charge in [0.05, 0.1) is 6.20 Å². The number of aromatic hydroxyl groups is 1. The van der Waals surface area contributed by atoms with E-state index in [0.717, 1.165) is 12.2 Å². The lowest BCUT2D eigenvalue weighted by atomic mass is 10.0. The molecular formula is C16H17FN2O2. The second-order valence-electron chi connectivity index (χ2n) is 5.38. The molecule has 1 unspecified atom stereocenters. The van der Waals surface area contributed by atoms with E-state index >= 15 is 0 Å². The van der Waals surface area contributed by atoms with Gasteiger partial charge >= 0.3 is 0 Å². The summed E-state index contributed by atoms with van der Waals surface area (Å²) in [5.41, 5.74) is 1.13. The van der Waals surface area contributed by atoms with Crippen LogP contribution >= 0.6 is 0 Å². The van der Waals surface area contributed by atoms with E-state index in [1.54, 1.807) is 12.1 Å². The van der Waals surface area contributed by atoms with Gasteiger partial charge < -0.3 is 9.67 Å². The molecule has 0 fully saturated rings. The van der Waals surface area contributed by atoms with Crippen LogP contribution in [0.5, 0.6) is 5.75 Å². The summed E-state index contributed by atoms with van der Waals surface area (Å²) in [4.78, 5) is 13.7. The van der Waals surface area contributed by atoms with Crippen molar-refractivity contribution in [2.45, 2.75) is 26.1 Å². The Balaban J connectivity index is 1.88. The summed E-state index contributed by atoms with van der Waals surface area (Å²) in [7, 11) is 0. The van der Waals surface area contributed by atoms with Crippen molar-refractivity contribution in [2.24, 2.45) is 0 Å². The number of aromatic nitrogens is 1. The molecule has 1 aromatic carbocycles. The van der Waals surface area contributed by atoms with Crippen LogP contribution in [-0.2, 0) is 13.1 Å². The van der Waals surface area contributed by atoms with Crippen LogP contribution in [0, 0.1) is 5.82 Å². The Morgan fingerprint density at radius 1 is 1.29 bits per heavy atom. The molecule has 2 heterocycles. The largest absolute Gasteiger partial charge is 0.503 e. The van der Waals surface area contributed by atoms with Crippen LogP contribution in [0.1, 0.15) is 24.2 Å². The highest BCUT2D eigenvalue weighted by molar-refractivity contribution is 5.23. The van der Waals surface area contributed by atoms with Crippen molar-refractivity contribution < 1.29 is 9.50 Å². The third-order valence-electron chi connectivity index (χ3n) is 4.09. The normalized spacial score (nSPS) is 16.5. The van der Waals surface area contributed by atoms with Crippen LogP contribution in [0.2, 0.25) is 0 Å². The van der Waals surface area contributed by atoms with Crippen molar-refractivity contribution in [2.75, 3.05) is 6.54 Å². The zero-order valence-electron chi connectivity index (χ0n) is 11.8. The molecule has 3 rings (SSSR count). The van der Waals surface area contributed by atoms with Crippen molar-refractivity contribution in [1.82, 2.24) is 9.47 Å². The van der Waals surface area contributed by atoms with Gasteiger partial charge in [-0.3, -0.25) is 9.69 Å². The molecule has 21 heavy (non-hydrogen) atoms. The summed E-state index contributed by atoms with van der Waals surface area (Å²) in [5, 5.41) is 9.47. The summed E-state index contributed by atoms with van der Waals surface area (Å²) in [6.07, 6.45) is 1.47. The first-order valence-corrected chi connectivity index (χ1v) is 6.97. The van der Waals surface area contributed by atoms with E-state index in [4.69, 9.17) is 0 Å². The zero-order valence-corrected chi connectivity index (χ0v) is 11.8. The highest BCUT2D eigenvalue weighted by Gasteiger charge is 2.23. The van der Waals surface area contributed by atoms with Crippen LogP contribution in [0.25, 0.3) is 0 Å². The van der Waals surface area contributed by atoms with E-state index in [-0.39, 0.29) is 23.0 Å². The number of hydrogen-bond acceptors (Lipinski definition) is 3. The third-order valence-corrected chi connectivity index (χ3v) is 4.09. The van der Waals surface area contributed by atoms with Gasteiger partial charge in [0, 0.05) is 43.0 Å². The fourth-order valence-electron chi connectivity index (χ4n) is 2.81. The van der Waals surface area contributed by atoms with E-state index in [0.29, 0.717) is 18.7 Å². The molecule has 1 aliphatic rings. The fourth-order valence-corrected chi connectivity index (χ4v) is 2.81. The van der Waals surface area contributed by atoms with Crippen LogP contribution in [-0.4, -0.2) is 21.1 Å². The molecule has 5 heteroatoms. The lowest BCUT2D eigenvalue weighted by Crippen LogP contribution is -2.37. The predicted octanol–water partition coefficient (Wildman–Crippen LogP) is 2.27. The monoisotopic (exact) mass is 288 g/mol. The maximum absolute atomic E-state index is 13.9. The van der Waals surface area contributed by atoms with Crippen molar-refractivity contribution in [1.29, 1.82) is 0 Å². The minimum atomic E-state index is -0.373. The summed E-state index contributed by atoms with van der Waals surface area (Å²) >= 11 is 0. The van der Waals surface area contributed by atoms with Gasteiger partial charge in [0.2, 0.25) is 5.43 Å². The Hall–Kier alpha value is -2.14. The predicted molar refractivity (Wildman–Crippen MR) is 77.6 cm³/mol. The van der Waals surface area contributed by atoms with Crippen LogP contribution in [0.4, 0.5) is 4.39 Å². The van der Waals surface area contributed by atoms with E-state index in [1.807, 2.05) is 17.6 Å². The molecule has 0 amide bonds. The first-order valence-electron chi connectivity index (χ1n) is 6.97. The molecule has 0 saturated carbocycles. The number of benzene rings is 1. The Morgan fingerprint density at radius 2 is 2.05 bits per heavy atom. The van der Waals surface area contributed by atoms with E-state index in [9.17, 15) is 14.3 Å². The molecule has 2 aromatic rings. The Kier molecular flexibility index (Phi) is 3.51. The Morgan fingerprint density at radius 3 is 2.81 bits per heavy atom. The van der Waals surface area contributed by atoms with E-state index in [2.05, 4.69) is 4.90 Å². The highest BCUT2D eigenvalue weighted by Crippen LogP contribution is 2.26. The molecule has 1 aliphatic heterocycles. The average molecular weight is 288 g/mol. The summed E-state index contributed by atoms with van der Waals surface area (Å²) in [6, 6.07) is 8.15. The fraction of sp³-hybridized carbons (Fsp3) is 0.312. The van der Waals surface area contributed by atoms with Crippen molar-refractivity contribution in [3.8, 4) is 5.75 Å². The van der Waals surface area contributed by atoms with E-state index in [1.165, 1.54) is 18.3 Å². The molecule has 1 atom stereocenters. The second kappa shape index (κ2) is 5.33. The van der Waals surface area contributed by atoms with Crippen molar-refractivity contribution >= 4 is 0 Å². The number of fused-ring (bicyclic) bond motifs is 1. The number of halogens is 1. The van der Waals surface area contributed by atoms with Gasteiger partial charge in [-0.15, -0.1) is 0 Å². The smallest absolute Gasteiger partial charge is 0.223 e. The molecule has 4 nitrogen and oxygen atoms in total.